The van der Waals surface area contributed by atoms with Crippen LogP contribution in [-0.2, 0) is 4.79 Å². The van der Waals surface area contributed by atoms with Crippen LogP contribution in [0.15, 0.2) is 52.6 Å². The Kier molecular flexibility index (Phi) is 5.82. The summed E-state index contributed by atoms with van der Waals surface area (Å²) in [6.07, 6.45) is 1.78. The van der Waals surface area contributed by atoms with Gasteiger partial charge >= 0.3 is 0 Å². The molecular formula is C20H19BrN2O3S. The smallest absolute Gasteiger partial charge is 0.281 e. The summed E-state index contributed by atoms with van der Waals surface area (Å²) in [5.74, 6) is 1.24. The van der Waals surface area contributed by atoms with E-state index in [9.17, 15) is 4.79 Å². The van der Waals surface area contributed by atoms with Crippen molar-refractivity contribution in [2.75, 3.05) is 25.7 Å². The van der Waals surface area contributed by atoms with Crippen LogP contribution in [0.3, 0.4) is 0 Å². The molecule has 5 nitrogen and oxygen atoms in total. The minimum atomic E-state index is -0.186. The van der Waals surface area contributed by atoms with Crippen molar-refractivity contribution in [1.29, 1.82) is 0 Å². The number of nitrogens with zero attached hydrogens (tertiary/aromatic N) is 2. The van der Waals surface area contributed by atoms with Crippen LogP contribution in [0.4, 0.5) is 5.69 Å². The fraction of sp³-hybridized carbons (Fsp3) is 0.200. The van der Waals surface area contributed by atoms with Crippen molar-refractivity contribution >= 4 is 50.9 Å². The van der Waals surface area contributed by atoms with Crippen molar-refractivity contribution in [3.8, 4) is 11.5 Å². The van der Waals surface area contributed by atoms with Gasteiger partial charge in [0.15, 0.2) is 5.11 Å². The minimum Gasteiger partial charge on any atom is -0.496 e. The summed E-state index contributed by atoms with van der Waals surface area (Å²) in [6.45, 7) is 2.51. The van der Waals surface area contributed by atoms with Crippen LogP contribution >= 0.6 is 28.1 Å². The summed E-state index contributed by atoms with van der Waals surface area (Å²) in [7, 11) is 3.38. The van der Waals surface area contributed by atoms with E-state index in [-0.39, 0.29) is 5.91 Å². The Bertz CT molecular complexity index is 912. The highest BCUT2D eigenvalue weighted by atomic mass is 79.9. The zero-order chi connectivity index (χ0) is 19.6. The lowest BCUT2D eigenvalue weighted by Gasteiger charge is -2.16. The van der Waals surface area contributed by atoms with E-state index in [1.54, 1.807) is 25.1 Å². The van der Waals surface area contributed by atoms with E-state index < -0.39 is 0 Å². The molecule has 2 aromatic rings. The number of halogens is 1. The average molecular weight is 447 g/mol. The summed E-state index contributed by atoms with van der Waals surface area (Å²) in [5.41, 5.74) is 1.97. The van der Waals surface area contributed by atoms with Crippen molar-refractivity contribution in [2.24, 2.45) is 0 Å². The molecule has 0 spiro atoms. The number of likely N-dealkylation sites (N-methyl/N-ethyl adjacent to an activating group) is 1. The van der Waals surface area contributed by atoms with Crippen LogP contribution < -0.4 is 14.4 Å². The highest BCUT2D eigenvalue weighted by Gasteiger charge is 2.37. The number of amides is 1. The van der Waals surface area contributed by atoms with E-state index in [0.29, 0.717) is 28.9 Å². The molecule has 1 aliphatic rings. The Hall–Kier alpha value is -2.38. The van der Waals surface area contributed by atoms with Gasteiger partial charge in [0.25, 0.3) is 5.91 Å². The first-order valence-corrected chi connectivity index (χ1v) is 9.56. The molecule has 7 heteroatoms. The van der Waals surface area contributed by atoms with E-state index in [2.05, 4.69) is 15.9 Å². The Morgan fingerprint density at radius 2 is 1.89 bits per heavy atom. The molecule has 0 atom stereocenters. The quantitative estimate of drug-likeness (QED) is 0.500. The first-order valence-electron chi connectivity index (χ1n) is 8.36. The average Bonchev–Trinajstić information content (AvgIpc) is 2.86. The van der Waals surface area contributed by atoms with Crippen LogP contribution in [0.5, 0.6) is 11.5 Å². The molecule has 1 amide bonds. The SMILES string of the molecule is CCOc1ccc(N2C(=O)C(=Cc3cc(Br)ccc3OC)N(C)C2=S)cc1. The topological polar surface area (TPSA) is 42.0 Å². The number of carbonyl (C=O) groups is 1. The molecular weight excluding hydrogens is 428 g/mol. The van der Waals surface area contributed by atoms with Crippen molar-refractivity contribution in [1.82, 2.24) is 4.90 Å². The zero-order valence-corrected chi connectivity index (χ0v) is 17.6. The van der Waals surface area contributed by atoms with Gasteiger partial charge in [-0.3, -0.25) is 9.69 Å². The van der Waals surface area contributed by atoms with Crippen molar-refractivity contribution in [3.05, 3.63) is 58.2 Å². The van der Waals surface area contributed by atoms with Gasteiger partial charge in [0, 0.05) is 17.1 Å². The summed E-state index contributed by atoms with van der Waals surface area (Å²) < 4.78 is 11.8. The first-order chi connectivity index (χ1) is 13.0. The lowest BCUT2D eigenvalue weighted by Crippen LogP contribution is -2.31. The molecule has 2 aromatic carbocycles. The molecule has 0 aromatic heterocycles. The molecule has 3 rings (SSSR count). The number of ether oxygens (including phenoxy) is 2. The van der Waals surface area contributed by atoms with Gasteiger partial charge in [-0.1, -0.05) is 15.9 Å². The third kappa shape index (κ3) is 3.84. The van der Waals surface area contributed by atoms with Crippen LogP contribution in [0.25, 0.3) is 6.08 Å². The highest BCUT2D eigenvalue weighted by molar-refractivity contribution is 9.10. The van der Waals surface area contributed by atoms with Crippen molar-refractivity contribution < 1.29 is 14.3 Å². The number of anilines is 1. The lowest BCUT2D eigenvalue weighted by molar-refractivity contribution is -0.114. The standard InChI is InChI=1S/C20H19BrN2O3S/c1-4-26-16-8-6-15(7-9-16)23-19(24)17(22(2)20(23)27)12-13-11-14(21)5-10-18(13)25-3/h5-12H,4H2,1-3H3. The first kappa shape index (κ1) is 19.4. The lowest BCUT2D eigenvalue weighted by atomic mass is 10.1. The molecule has 1 saturated heterocycles. The second kappa shape index (κ2) is 8.10. The summed E-state index contributed by atoms with van der Waals surface area (Å²) in [4.78, 5) is 16.3. The number of hydrogen-bond acceptors (Lipinski definition) is 4. The molecule has 0 aliphatic carbocycles. The maximum absolute atomic E-state index is 13.1. The van der Waals surface area contributed by atoms with Crippen LogP contribution in [0, 0.1) is 0 Å². The highest BCUT2D eigenvalue weighted by Crippen LogP contribution is 2.31. The number of thiocarbonyl (C=S) groups is 1. The Morgan fingerprint density at radius 1 is 1.19 bits per heavy atom. The molecule has 0 radical (unpaired) electrons. The predicted molar refractivity (Wildman–Crippen MR) is 114 cm³/mol. The minimum absolute atomic E-state index is 0.186. The maximum atomic E-state index is 13.1. The fourth-order valence-corrected chi connectivity index (χ4v) is 3.47. The third-order valence-electron chi connectivity index (χ3n) is 4.15. The van der Waals surface area contributed by atoms with Crippen molar-refractivity contribution in [2.45, 2.75) is 6.92 Å². The molecule has 1 aliphatic heterocycles. The second-order valence-corrected chi connectivity index (χ2v) is 7.11. The number of benzene rings is 2. The van der Waals surface area contributed by atoms with Gasteiger partial charge in [-0.25, -0.2) is 0 Å². The van der Waals surface area contributed by atoms with Gasteiger partial charge in [-0.2, -0.15) is 0 Å². The fourth-order valence-electron chi connectivity index (χ4n) is 2.81. The number of hydrogen-bond donors (Lipinski definition) is 0. The Labute approximate surface area is 172 Å². The number of rotatable bonds is 5. The normalized spacial score (nSPS) is 15.6. The second-order valence-electron chi connectivity index (χ2n) is 5.82. The predicted octanol–water partition coefficient (Wildman–Crippen LogP) is 4.46. The van der Waals surface area contributed by atoms with Crippen LogP contribution in [0.2, 0.25) is 0 Å². The van der Waals surface area contributed by atoms with Crippen molar-refractivity contribution in [3.63, 3.8) is 0 Å². The zero-order valence-electron chi connectivity index (χ0n) is 15.2. The largest absolute Gasteiger partial charge is 0.496 e. The monoisotopic (exact) mass is 446 g/mol. The Morgan fingerprint density at radius 3 is 2.52 bits per heavy atom. The van der Waals surface area contributed by atoms with Gasteiger partial charge in [-0.15, -0.1) is 0 Å². The molecule has 1 fully saturated rings. The Balaban J connectivity index is 1.97. The van der Waals surface area contributed by atoms with Gasteiger partial charge < -0.3 is 14.4 Å². The van der Waals surface area contributed by atoms with Gasteiger partial charge in [-0.05, 0) is 67.7 Å². The van der Waals surface area contributed by atoms with Crippen LogP contribution in [0.1, 0.15) is 12.5 Å². The molecule has 1 heterocycles. The maximum Gasteiger partial charge on any atom is 0.281 e. The van der Waals surface area contributed by atoms with E-state index >= 15 is 0 Å². The molecule has 0 unspecified atom stereocenters. The van der Waals surface area contributed by atoms with E-state index in [1.807, 2.05) is 49.4 Å². The van der Waals surface area contributed by atoms with E-state index in [4.69, 9.17) is 21.7 Å². The van der Waals surface area contributed by atoms with E-state index in [1.165, 1.54) is 4.90 Å². The number of methoxy groups -OCH3 is 1. The molecule has 140 valence electrons. The van der Waals surface area contributed by atoms with Gasteiger partial charge in [0.2, 0.25) is 0 Å². The molecule has 27 heavy (non-hydrogen) atoms. The number of carbonyl (C=O) groups excluding carboxylic acids is 1. The van der Waals surface area contributed by atoms with Crippen LogP contribution in [-0.4, -0.2) is 36.7 Å². The summed E-state index contributed by atoms with van der Waals surface area (Å²) in [5, 5.41) is 0.421. The summed E-state index contributed by atoms with van der Waals surface area (Å²) in [6, 6.07) is 12.9. The molecule has 0 N–H and O–H groups in total. The van der Waals surface area contributed by atoms with Gasteiger partial charge in [0.1, 0.15) is 17.2 Å². The van der Waals surface area contributed by atoms with E-state index in [0.717, 1.165) is 15.8 Å². The summed E-state index contributed by atoms with van der Waals surface area (Å²) >= 11 is 8.96. The molecule has 0 saturated carbocycles. The molecule has 0 bridgehead atoms. The third-order valence-corrected chi connectivity index (χ3v) is 5.10. The van der Waals surface area contributed by atoms with Gasteiger partial charge in [0.05, 0.1) is 19.4 Å².